The number of benzene rings is 1. The monoisotopic (exact) mass is 456 g/mol. The first-order valence-electron chi connectivity index (χ1n) is 11.5. The number of carbonyl (C=O) groups is 2. The number of rotatable bonds is 13. The molecule has 182 valence electrons. The highest BCUT2D eigenvalue weighted by atomic mass is 16.5. The van der Waals surface area contributed by atoms with Gasteiger partial charge in [-0.1, -0.05) is 39.8 Å². The molecule has 0 spiro atoms. The molecule has 7 nitrogen and oxygen atoms in total. The highest BCUT2D eigenvalue weighted by Gasteiger charge is 2.28. The lowest BCUT2D eigenvalue weighted by Crippen LogP contribution is -2.40. The second-order valence-electron chi connectivity index (χ2n) is 9.81. The van der Waals surface area contributed by atoms with Gasteiger partial charge in [-0.2, -0.15) is 5.26 Å². The number of nitrogens with zero attached hydrogens (tertiary/aromatic N) is 1. The zero-order valence-corrected chi connectivity index (χ0v) is 21.0. The first-order valence-corrected chi connectivity index (χ1v) is 11.5. The summed E-state index contributed by atoms with van der Waals surface area (Å²) in [7, 11) is 0. The molecule has 2 amide bonds. The lowest BCUT2D eigenvalue weighted by molar-refractivity contribution is -0.131. The topological polar surface area (TPSA) is 117 Å². The van der Waals surface area contributed by atoms with E-state index >= 15 is 0 Å². The molecule has 0 aliphatic carbocycles. The van der Waals surface area contributed by atoms with Gasteiger partial charge in [-0.05, 0) is 55.9 Å². The molecule has 0 aromatic heterocycles. The summed E-state index contributed by atoms with van der Waals surface area (Å²) >= 11 is 0. The fraction of sp³-hybridized carbons (Fsp3) is 0.577. The normalized spacial score (nSPS) is 12.4. The van der Waals surface area contributed by atoms with Gasteiger partial charge in [0, 0.05) is 43.3 Å². The van der Waals surface area contributed by atoms with E-state index in [4.69, 9.17) is 15.7 Å². The fourth-order valence-corrected chi connectivity index (χ4v) is 3.07. The average molecular weight is 457 g/mol. The van der Waals surface area contributed by atoms with Gasteiger partial charge >= 0.3 is 0 Å². The van der Waals surface area contributed by atoms with Gasteiger partial charge < -0.3 is 21.1 Å². The van der Waals surface area contributed by atoms with E-state index in [1.165, 1.54) is 0 Å². The molecule has 0 fully saturated rings. The van der Waals surface area contributed by atoms with Crippen LogP contribution in [0.25, 0.3) is 5.57 Å². The maximum Gasteiger partial charge on any atom is 0.225 e. The summed E-state index contributed by atoms with van der Waals surface area (Å²) in [6.07, 6.45) is 3.00. The van der Waals surface area contributed by atoms with Gasteiger partial charge in [-0.3, -0.25) is 9.59 Å². The zero-order chi connectivity index (χ0) is 25.1. The molecular formula is C26H40N4O3. The van der Waals surface area contributed by atoms with Gasteiger partial charge in [0.25, 0.3) is 0 Å². The summed E-state index contributed by atoms with van der Waals surface area (Å²) < 4.78 is 5.75. The average Bonchev–Trinajstić information content (AvgIpc) is 2.75. The van der Waals surface area contributed by atoms with Crippen molar-refractivity contribution < 1.29 is 14.3 Å². The Morgan fingerprint density at radius 2 is 1.82 bits per heavy atom. The third-order valence-electron chi connectivity index (χ3n) is 5.54. The second-order valence-corrected chi connectivity index (χ2v) is 9.81. The molecule has 7 heteroatoms. The third-order valence-corrected chi connectivity index (χ3v) is 5.54. The Kier molecular flexibility index (Phi) is 11.3. The molecule has 0 bridgehead atoms. The van der Waals surface area contributed by atoms with E-state index in [0.29, 0.717) is 44.6 Å². The predicted octanol–water partition coefficient (Wildman–Crippen LogP) is 4.25. The number of ether oxygens (including phenoxy) is 1. The molecule has 0 atom stereocenters. The number of hydrogen-bond donors (Lipinski definition) is 3. The SMILES string of the molecule is CC(C)/C(=C\C#N)c1ccc(NC(=O)CCCNC(=O)C(C)(C)CCOC(C)(C)CN)cc1. The maximum absolute atomic E-state index is 12.5. The Hall–Kier alpha value is -2.69. The molecule has 0 saturated heterocycles. The zero-order valence-electron chi connectivity index (χ0n) is 21.0. The second kappa shape index (κ2) is 13.1. The Balaban J connectivity index is 2.41. The molecule has 0 radical (unpaired) electrons. The minimum Gasteiger partial charge on any atom is -0.374 e. The molecule has 0 aliphatic heterocycles. The molecule has 1 aromatic carbocycles. The minimum absolute atomic E-state index is 0.0565. The van der Waals surface area contributed by atoms with Gasteiger partial charge in [-0.25, -0.2) is 0 Å². The van der Waals surface area contributed by atoms with E-state index in [1.807, 2.05) is 65.8 Å². The third kappa shape index (κ3) is 10.2. The van der Waals surface area contributed by atoms with Crippen LogP contribution in [0.3, 0.4) is 0 Å². The Morgan fingerprint density at radius 1 is 1.18 bits per heavy atom. The molecule has 4 N–H and O–H groups in total. The first-order chi connectivity index (χ1) is 15.4. The molecule has 1 rings (SSSR count). The van der Waals surface area contributed by atoms with Gasteiger partial charge in [-0.15, -0.1) is 0 Å². The summed E-state index contributed by atoms with van der Waals surface area (Å²) in [5, 5.41) is 14.7. The largest absolute Gasteiger partial charge is 0.374 e. The number of nitrogens with two attached hydrogens (primary N) is 1. The molecule has 0 heterocycles. The van der Waals surface area contributed by atoms with Crippen molar-refractivity contribution in [1.82, 2.24) is 5.32 Å². The number of allylic oxidation sites excluding steroid dienone is 2. The molecule has 1 aromatic rings. The van der Waals surface area contributed by atoms with Crippen LogP contribution in [0.4, 0.5) is 5.69 Å². The van der Waals surface area contributed by atoms with Crippen molar-refractivity contribution in [2.45, 2.75) is 66.4 Å². The highest BCUT2D eigenvalue weighted by molar-refractivity contribution is 5.91. The van der Waals surface area contributed by atoms with E-state index in [2.05, 4.69) is 16.7 Å². The van der Waals surface area contributed by atoms with Crippen LogP contribution in [0.1, 0.15) is 66.4 Å². The number of nitriles is 1. The van der Waals surface area contributed by atoms with Crippen LogP contribution in [0.15, 0.2) is 30.3 Å². The summed E-state index contributed by atoms with van der Waals surface area (Å²) in [6, 6.07) is 9.56. The van der Waals surface area contributed by atoms with Crippen molar-refractivity contribution in [2.24, 2.45) is 17.1 Å². The van der Waals surface area contributed by atoms with Crippen molar-refractivity contribution in [3.8, 4) is 6.07 Å². The van der Waals surface area contributed by atoms with Crippen LogP contribution in [0.5, 0.6) is 0 Å². The highest BCUT2D eigenvalue weighted by Crippen LogP contribution is 2.24. The maximum atomic E-state index is 12.5. The summed E-state index contributed by atoms with van der Waals surface area (Å²) in [4.78, 5) is 24.7. The smallest absolute Gasteiger partial charge is 0.225 e. The number of nitrogens with one attached hydrogen (secondary N) is 2. The number of amides is 2. The minimum atomic E-state index is -0.566. The van der Waals surface area contributed by atoms with Crippen LogP contribution in [0.2, 0.25) is 0 Å². The Labute approximate surface area is 198 Å². The molecular weight excluding hydrogens is 416 g/mol. The van der Waals surface area contributed by atoms with Crippen molar-refractivity contribution in [2.75, 3.05) is 25.0 Å². The lowest BCUT2D eigenvalue weighted by Gasteiger charge is -2.28. The van der Waals surface area contributed by atoms with E-state index < -0.39 is 11.0 Å². The van der Waals surface area contributed by atoms with Crippen LogP contribution in [-0.4, -0.2) is 37.1 Å². The number of anilines is 1. The van der Waals surface area contributed by atoms with Crippen molar-refractivity contribution in [1.29, 1.82) is 5.26 Å². The molecule has 0 aliphatic rings. The van der Waals surface area contributed by atoms with Crippen LogP contribution >= 0.6 is 0 Å². The standard InChI is InChI=1S/C26H40N4O3/c1-19(2)22(13-15-27)20-9-11-21(12-10-20)30-23(31)8-7-16-29-24(32)25(3,4)14-17-33-26(5,6)18-28/h9-13,19H,7-8,14,16-18,28H2,1-6H3,(H,29,32)(H,30,31)/b22-13+. The van der Waals surface area contributed by atoms with Gasteiger partial charge in [0.1, 0.15) is 0 Å². The van der Waals surface area contributed by atoms with E-state index in [-0.39, 0.29) is 17.7 Å². The summed E-state index contributed by atoms with van der Waals surface area (Å²) in [6.45, 7) is 13.0. The van der Waals surface area contributed by atoms with Gasteiger partial charge in [0.2, 0.25) is 11.8 Å². The van der Waals surface area contributed by atoms with Crippen LogP contribution < -0.4 is 16.4 Å². The van der Waals surface area contributed by atoms with Crippen molar-refractivity contribution in [3.63, 3.8) is 0 Å². The van der Waals surface area contributed by atoms with E-state index in [1.54, 1.807) is 6.08 Å². The Morgan fingerprint density at radius 3 is 2.36 bits per heavy atom. The van der Waals surface area contributed by atoms with Crippen LogP contribution in [0, 0.1) is 22.7 Å². The predicted molar refractivity (Wildman–Crippen MR) is 133 cm³/mol. The van der Waals surface area contributed by atoms with Crippen molar-refractivity contribution >= 4 is 23.1 Å². The fourth-order valence-electron chi connectivity index (χ4n) is 3.07. The summed E-state index contributed by atoms with van der Waals surface area (Å²) in [5.41, 5.74) is 7.33. The van der Waals surface area contributed by atoms with E-state index in [0.717, 1.165) is 11.1 Å². The van der Waals surface area contributed by atoms with Gasteiger partial charge in [0.15, 0.2) is 0 Å². The first kappa shape index (κ1) is 28.3. The molecule has 0 saturated carbocycles. The number of carbonyl (C=O) groups excluding carboxylic acids is 2. The molecule has 0 unspecified atom stereocenters. The van der Waals surface area contributed by atoms with Gasteiger partial charge in [0.05, 0.1) is 11.7 Å². The Bertz CT molecular complexity index is 849. The van der Waals surface area contributed by atoms with Crippen LogP contribution in [-0.2, 0) is 14.3 Å². The summed E-state index contributed by atoms with van der Waals surface area (Å²) in [5.74, 6) is 0.0694. The number of hydrogen-bond acceptors (Lipinski definition) is 5. The molecule has 33 heavy (non-hydrogen) atoms. The van der Waals surface area contributed by atoms with E-state index in [9.17, 15) is 9.59 Å². The lowest BCUT2D eigenvalue weighted by atomic mass is 9.88. The van der Waals surface area contributed by atoms with Crippen molar-refractivity contribution in [3.05, 3.63) is 35.9 Å². The quantitative estimate of drug-likeness (QED) is 0.303.